The highest BCUT2D eigenvalue weighted by Crippen LogP contribution is 2.30. The summed E-state index contributed by atoms with van der Waals surface area (Å²) in [5.41, 5.74) is 3.55. The fourth-order valence-corrected chi connectivity index (χ4v) is 3.16. The van der Waals surface area contributed by atoms with Crippen molar-refractivity contribution in [2.75, 3.05) is 13.2 Å². The lowest BCUT2D eigenvalue weighted by Gasteiger charge is -2.18. The summed E-state index contributed by atoms with van der Waals surface area (Å²) in [6.07, 6.45) is 3.44. The van der Waals surface area contributed by atoms with E-state index in [1.807, 2.05) is 36.4 Å². The van der Waals surface area contributed by atoms with Gasteiger partial charge in [0, 0.05) is 0 Å². The molecule has 1 atom stereocenters. The van der Waals surface area contributed by atoms with Crippen molar-refractivity contribution < 1.29 is 20.4 Å². The second-order valence-electron chi connectivity index (χ2n) is 6.40. The topological polar surface area (TPSA) is 80.9 Å². The minimum absolute atomic E-state index is 0.0973. The van der Waals surface area contributed by atoms with Gasteiger partial charge in [0.15, 0.2) is 0 Å². The second-order valence-corrected chi connectivity index (χ2v) is 6.81. The van der Waals surface area contributed by atoms with Gasteiger partial charge in [0.25, 0.3) is 0 Å². The molecule has 0 amide bonds. The van der Waals surface area contributed by atoms with Crippen LogP contribution in [0.2, 0.25) is 5.02 Å². The molecule has 28 heavy (non-hydrogen) atoms. The van der Waals surface area contributed by atoms with E-state index in [0.29, 0.717) is 29.0 Å². The summed E-state index contributed by atoms with van der Waals surface area (Å²) >= 11 is 6.25. The maximum Gasteiger partial charge on any atom is 0.117 e. The molecule has 2 aromatic rings. The first kappa shape index (κ1) is 21.9. The largest absolute Gasteiger partial charge is 0.508 e. The number of phenols is 1. The monoisotopic (exact) mass is 400 g/mol. The third-order valence-corrected chi connectivity index (χ3v) is 4.74. The Hall–Kier alpha value is -2.37. The minimum atomic E-state index is -0.866. The fraction of sp³-hybridized carbons (Fsp3) is 0.217. The number of halogens is 1. The molecule has 0 aliphatic rings. The Morgan fingerprint density at radius 2 is 1.82 bits per heavy atom. The summed E-state index contributed by atoms with van der Waals surface area (Å²) in [6, 6.07) is 14.5. The van der Waals surface area contributed by atoms with Gasteiger partial charge in [-0.25, -0.2) is 0 Å². The molecule has 0 saturated carbocycles. The molecular formula is C23H25ClO4. The molecule has 0 fully saturated rings. The number of aliphatic hydroxyl groups excluding tert-OH is 3. The smallest absolute Gasteiger partial charge is 0.117 e. The number of benzene rings is 2. The molecular weight excluding hydrogens is 376 g/mol. The molecule has 0 heterocycles. The van der Waals surface area contributed by atoms with Crippen molar-refractivity contribution in [1.82, 2.24) is 0 Å². The van der Waals surface area contributed by atoms with E-state index in [1.54, 1.807) is 12.1 Å². The summed E-state index contributed by atoms with van der Waals surface area (Å²) in [7, 11) is 0. The SMILES string of the molecule is C=C(CO)/C(=C/CO)C(O)CC/C(=C/c1ccc(O)cc1Cl)c1ccccc1. The van der Waals surface area contributed by atoms with Crippen LogP contribution in [0.25, 0.3) is 11.6 Å². The van der Waals surface area contributed by atoms with Gasteiger partial charge in [0.2, 0.25) is 0 Å². The first-order valence-electron chi connectivity index (χ1n) is 8.98. The Labute approximate surface area is 170 Å². The molecule has 0 aromatic heterocycles. The highest BCUT2D eigenvalue weighted by Gasteiger charge is 2.15. The van der Waals surface area contributed by atoms with Crippen LogP contribution >= 0.6 is 11.6 Å². The molecule has 0 bridgehead atoms. The molecule has 2 aromatic carbocycles. The van der Waals surface area contributed by atoms with E-state index in [-0.39, 0.29) is 19.0 Å². The second kappa shape index (κ2) is 10.8. The van der Waals surface area contributed by atoms with E-state index in [2.05, 4.69) is 6.58 Å². The van der Waals surface area contributed by atoms with Crippen molar-refractivity contribution >= 4 is 23.3 Å². The first-order chi connectivity index (χ1) is 13.5. The standard InChI is InChI=1S/C23H25ClO4/c1-16(15-26)21(11-12-25)23(28)10-8-18(17-5-3-2-4-6-17)13-19-7-9-20(27)14-22(19)24/h2-7,9,11,13-14,23,25-28H,1,8,10,12,15H2/b18-13-,21-11-. The van der Waals surface area contributed by atoms with Crippen LogP contribution in [0.15, 0.2) is 72.3 Å². The fourth-order valence-electron chi connectivity index (χ4n) is 2.93. The van der Waals surface area contributed by atoms with Gasteiger partial charge in [0.05, 0.1) is 24.3 Å². The maximum absolute atomic E-state index is 10.6. The molecule has 0 radical (unpaired) electrons. The van der Waals surface area contributed by atoms with Crippen molar-refractivity contribution in [3.63, 3.8) is 0 Å². The normalized spacial score (nSPS) is 13.4. The van der Waals surface area contributed by atoms with Crippen LogP contribution in [0.3, 0.4) is 0 Å². The lowest BCUT2D eigenvalue weighted by Crippen LogP contribution is -2.14. The van der Waals surface area contributed by atoms with Gasteiger partial charge >= 0.3 is 0 Å². The zero-order valence-electron chi connectivity index (χ0n) is 15.6. The first-order valence-corrected chi connectivity index (χ1v) is 9.36. The summed E-state index contributed by atoms with van der Waals surface area (Å²) < 4.78 is 0. The number of hydrogen-bond donors (Lipinski definition) is 4. The Kier molecular flexibility index (Phi) is 8.48. The number of hydrogen-bond acceptors (Lipinski definition) is 4. The molecule has 0 saturated heterocycles. The van der Waals surface area contributed by atoms with Gasteiger partial charge in [-0.05, 0) is 65.0 Å². The number of allylic oxidation sites excluding steroid dienone is 1. The molecule has 148 valence electrons. The van der Waals surface area contributed by atoms with E-state index >= 15 is 0 Å². The summed E-state index contributed by atoms with van der Waals surface area (Å²) in [5, 5.41) is 39.0. The minimum Gasteiger partial charge on any atom is -0.508 e. The van der Waals surface area contributed by atoms with Crippen molar-refractivity contribution in [2.45, 2.75) is 18.9 Å². The molecule has 0 spiro atoms. The molecule has 5 heteroatoms. The van der Waals surface area contributed by atoms with Crippen LogP contribution in [0.5, 0.6) is 5.75 Å². The summed E-state index contributed by atoms with van der Waals surface area (Å²) in [6.45, 7) is 3.22. The highest BCUT2D eigenvalue weighted by atomic mass is 35.5. The molecule has 1 unspecified atom stereocenters. The van der Waals surface area contributed by atoms with Crippen LogP contribution in [0, 0.1) is 0 Å². The average molecular weight is 401 g/mol. The number of phenolic OH excluding ortho intramolecular Hbond substituents is 1. The van der Waals surface area contributed by atoms with E-state index in [9.17, 15) is 20.4 Å². The molecule has 4 N–H and O–H groups in total. The summed E-state index contributed by atoms with van der Waals surface area (Å²) in [4.78, 5) is 0. The Morgan fingerprint density at radius 3 is 2.43 bits per heavy atom. The van der Waals surface area contributed by atoms with E-state index in [0.717, 1.165) is 16.7 Å². The quantitative estimate of drug-likeness (QED) is 0.375. The van der Waals surface area contributed by atoms with Gasteiger partial charge in [-0.1, -0.05) is 54.6 Å². The zero-order valence-corrected chi connectivity index (χ0v) is 16.3. The van der Waals surface area contributed by atoms with Crippen molar-refractivity contribution in [3.8, 4) is 5.75 Å². The average Bonchev–Trinajstić information content (AvgIpc) is 2.70. The lowest BCUT2D eigenvalue weighted by atomic mass is 9.93. The van der Waals surface area contributed by atoms with E-state index in [1.165, 1.54) is 12.1 Å². The lowest BCUT2D eigenvalue weighted by molar-refractivity contribution is 0.199. The van der Waals surface area contributed by atoms with Gasteiger partial charge in [-0.3, -0.25) is 0 Å². The Bertz CT molecular complexity index is 856. The molecule has 4 nitrogen and oxygen atoms in total. The van der Waals surface area contributed by atoms with Gasteiger partial charge in [-0.15, -0.1) is 0 Å². The van der Waals surface area contributed by atoms with E-state index in [4.69, 9.17) is 11.6 Å². The van der Waals surface area contributed by atoms with Crippen molar-refractivity contribution in [1.29, 1.82) is 0 Å². The zero-order chi connectivity index (χ0) is 20.5. The van der Waals surface area contributed by atoms with Gasteiger partial charge < -0.3 is 20.4 Å². The number of aliphatic hydroxyl groups is 3. The number of aromatic hydroxyl groups is 1. The van der Waals surface area contributed by atoms with Gasteiger partial charge in [0.1, 0.15) is 5.75 Å². The van der Waals surface area contributed by atoms with Crippen LogP contribution in [-0.4, -0.2) is 39.7 Å². The Morgan fingerprint density at radius 1 is 1.11 bits per heavy atom. The molecule has 0 aliphatic heterocycles. The van der Waals surface area contributed by atoms with Crippen molar-refractivity contribution in [2.24, 2.45) is 0 Å². The predicted octanol–water partition coefficient (Wildman–Crippen LogP) is 4.19. The summed E-state index contributed by atoms with van der Waals surface area (Å²) in [5.74, 6) is 0.0973. The molecule has 0 aliphatic carbocycles. The van der Waals surface area contributed by atoms with Crippen LogP contribution in [0.1, 0.15) is 24.0 Å². The van der Waals surface area contributed by atoms with Gasteiger partial charge in [-0.2, -0.15) is 0 Å². The predicted molar refractivity (Wildman–Crippen MR) is 114 cm³/mol. The molecule has 2 rings (SSSR count). The maximum atomic E-state index is 10.6. The third-order valence-electron chi connectivity index (χ3n) is 4.41. The van der Waals surface area contributed by atoms with Crippen LogP contribution < -0.4 is 0 Å². The van der Waals surface area contributed by atoms with Crippen molar-refractivity contribution in [3.05, 3.63) is 88.5 Å². The van der Waals surface area contributed by atoms with Crippen LogP contribution in [-0.2, 0) is 0 Å². The third kappa shape index (κ3) is 6.08. The van der Waals surface area contributed by atoms with E-state index < -0.39 is 6.10 Å². The van der Waals surface area contributed by atoms with Crippen LogP contribution in [0.4, 0.5) is 0 Å². The Balaban J connectivity index is 2.30. The number of rotatable bonds is 9. The highest BCUT2D eigenvalue weighted by molar-refractivity contribution is 6.32.